The molecule has 2 heterocycles. The zero-order valence-electron chi connectivity index (χ0n) is 7.14. The fraction of sp³-hybridized carbons (Fsp3) is 0.500. The van der Waals surface area contributed by atoms with Crippen molar-refractivity contribution in [2.24, 2.45) is 0 Å². The predicted molar refractivity (Wildman–Crippen MR) is 46.3 cm³/mol. The number of anilines is 1. The number of hydrogen-bond acceptors (Lipinski definition) is 5. The highest BCUT2D eigenvalue weighted by Crippen LogP contribution is 2.13. The van der Waals surface area contributed by atoms with Crippen LogP contribution in [0.5, 0.6) is 5.88 Å². The second-order valence-electron chi connectivity index (χ2n) is 2.90. The lowest BCUT2D eigenvalue weighted by Crippen LogP contribution is -2.16. The second kappa shape index (κ2) is 3.57. The maximum atomic E-state index is 5.48. The van der Waals surface area contributed by atoms with Crippen molar-refractivity contribution in [1.82, 2.24) is 10.2 Å². The molecule has 70 valence electrons. The van der Waals surface area contributed by atoms with E-state index in [2.05, 4.69) is 10.2 Å². The van der Waals surface area contributed by atoms with Gasteiger partial charge in [0.1, 0.15) is 11.9 Å². The minimum atomic E-state index is 0.109. The molecule has 1 aromatic heterocycles. The van der Waals surface area contributed by atoms with Gasteiger partial charge in [-0.1, -0.05) is 0 Å². The molecule has 13 heavy (non-hydrogen) atoms. The smallest absolute Gasteiger partial charge is 0.233 e. The van der Waals surface area contributed by atoms with Gasteiger partial charge in [-0.2, -0.15) is 0 Å². The van der Waals surface area contributed by atoms with Gasteiger partial charge in [-0.25, -0.2) is 0 Å². The number of nitrogens with zero attached hydrogens (tertiary/aromatic N) is 2. The van der Waals surface area contributed by atoms with Gasteiger partial charge in [-0.05, 0) is 6.07 Å². The van der Waals surface area contributed by atoms with E-state index in [1.165, 1.54) is 0 Å². The van der Waals surface area contributed by atoms with Crippen molar-refractivity contribution in [3.63, 3.8) is 0 Å². The normalized spacial score (nSPS) is 21.7. The first-order valence-corrected chi connectivity index (χ1v) is 4.18. The van der Waals surface area contributed by atoms with Crippen molar-refractivity contribution in [1.29, 1.82) is 0 Å². The molecule has 2 N–H and O–H groups in total. The summed E-state index contributed by atoms with van der Waals surface area (Å²) in [5.41, 5.74) is 5.38. The van der Waals surface area contributed by atoms with Crippen molar-refractivity contribution in [2.45, 2.75) is 12.5 Å². The van der Waals surface area contributed by atoms with E-state index in [1.807, 2.05) is 0 Å². The molecule has 1 atom stereocenters. The highest BCUT2D eigenvalue weighted by Gasteiger charge is 2.17. The SMILES string of the molecule is Nc1ccc(OC2CCOC2)nn1. The van der Waals surface area contributed by atoms with Crippen LogP contribution in [0, 0.1) is 0 Å². The number of rotatable bonds is 2. The monoisotopic (exact) mass is 181 g/mol. The maximum Gasteiger partial charge on any atom is 0.233 e. The summed E-state index contributed by atoms with van der Waals surface area (Å²) in [7, 11) is 0. The van der Waals surface area contributed by atoms with Gasteiger partial charge in [0.25, 0.3) is 0 Å². The largest absolute Gasteiger partial charge is 0.471 e. The van der Waals surface area contributed by atoms with Crippen LogP contribution in [0.25, 0.3) is 0 Å². The first kappa shape index (κ1) is 8.25. The Labute approximate surface area is 75.9 Å². The van der Waals surface area contributed by atoms with E-state index in [0.717, 1.165) is 13.0 Å². The lowest BCUT2D eigenvalue weighted by Gasteiger charge is -2.09. The minimum Gasteiger partial charge on any atom is -0.471 e. The molecule has 5 heteroatoms. The molecule has 0 bridgehead atoms. The van der Waals surface area contributed by atoms with E-state index in [1.54, 1.807) is 12.1 Å². The molecular weight excluding hydrogens is 170 g/mol. The topological polar surface area (TPSA) is 70.3 Å². The summed E-state index contributed by atoms with van der Waals surface area (Å²) < 4.78 is 10.6. The van der Waals surface area contributed by atoms with Crippen LogP contribution >= 0.6 is 0 Å². The third-order valence-electron chi connectivity index (χ3n) is 1.84. The standard InChI is InChI=1S/C8H11N3O2/c9-7-1-2-8(11-10-7)13-6-3-4-12-5-6/h1-2,6H,3-5H2,(H2,9,10). The molecule has 0 spiro atoms. The minimum absolute atomic E-state index is 0.109. The predicted octanol–water partition coefficient (Wildman–Crippen LogP) is 0.226. The Hall–Kier alpha value is -1.36. The van der Waals surface area contributed by atoms with Crippen molar-refractivity contribution >= 4 is 5.82 Å². The van der Waals surface area contributed by atoms with E-state index < -0.39 is 0 Å². The zero-order chi connectivity index (χ0) is 9.10. The van der Waals surface area contributed by atoms with Crippen LogP contribution in [0.4, 0.5) is 5.82 Å². The number of ether oxygens (including phenoxy) is 2. The number of nitrogen functional groups attached to an aromatic ring is 1. The van der Waals surface area contributed by atoms with Gasteiger partial charge in [0.15, 0.2) is 0 Å². The Bertz CT molecular complexity index is 269. The first-order chi connectivity index (χ1) is 6.34. The van der Waals surface area contributed by atoms with Gasteiger partial charge >= 0.3 is 0 Å². The van der Waals surface area contributed by atoms with E-state index in [-0.39, 0.29) is 6.10 Å². The third-order valence-corrected chi connectivity index (χ3v) is 1.84. The summed E-state index contributed by atoms with van der Waals surface area (Å²) in [6.45, 7) is 1.39. The zero-order valence-corrected chi connectivity index (χ0v) is 7.14. The van der Waals surface area contributed by atoms with Gasteiger partial charge in [0.2, 0.25) is 5.88 Å². The average Bonchev–Trinajstić information content (AvgIpc) is 2.62. The molecule has 0 aromatic carbocycles. The summed E-state index contributed by atoms with van der Waals surface area (Å²) in [5.74, 6) is 0.903. The second-order valence-corrected chi connectivity index (χ2v) is 2.90. The molecule has 0 saturated carbocycles. The van der Waals surface area contributed by atoms with Gasteiger partial charge in [0.05, 0.1) is 13.2 Å². The molecule has 2 rings (SSSR count). The molecule has 1 saturated heterocycles. The molecule has 1 fully saturated rings. The number of aromatic nitrogens is 2. The number of hydrogen-bond donors (Lipinski definition) is 1. The lowest BCUT2D eigenvalue weighted by atomic mass is 10.3. The van der Waals surface area contributed by atoms with E-state index in [0.29, 0.717) is 18.3 Å². The quantitative estimate of drug-likeness (QED) is 0.707. The summed E-state index contributed by atoms with van der Waals surface area (Å²) in [4.78, 5) is 0. The van der Waals surface area contributed by atoms with Crippen molar-refractivity contribution in [2.75, 3.05) is 18.9 Å². The van der Waals surface area contributed by atoms with Gasteiger partial charge in [-0.3, -0.25) is 0 Å². The Kier molecular flexibility index (Phi) is 2.27. The summed E-state index contributed by atoms with van der Waals surface area (Å²) in [5, 5.41) is 7.47. The Morgan fingerprint density at radius 3 is 3.00 bits per heavy atom. The van der Waals surface area contributed by atoms with Gasteiger partial charge in [0, 0.05) is 12.5 Å². The average molecular weight is 181 g/mol. The molecule has 1 aromatic rings. The van der Waals surface area contributed by atoms with Crippen LogP contribution in [0.1, 0.15) is 6.42 Å². The van der Waals surface area contributed by atoms with E-state index in [9.17, 15) is 0 Å². The Morgan fingerprint density at radius 1 is 1.46 bits per heavy atom. The molecule has 0 radical (unpaired) electrons. The van der Waals surface area contributed by atoms with Gasteiger partial charge < -0.3 is 15.2 Å². The van der Waals surface area contributed by atoms with E-state index >= 15 is 0 Å². The molecule has 1 aliphatic rings. The fourth-order valence-corrected chi connectivity index (χ4v) is 1.17. The number of nitrogens with two attached hydrogens (primary N) is 1. The van der Waals surface area contributed by atoms with Crippen molar-refractivity contribution < 1.29 is 9.47 Å². The summed E-state index contributed by atoms with van der Waals surface area (Å²) in [6.07, 6.45) is 1.02. The van der Waals surface area contributed by atoms with E-state index in [4.69, 9.17) is 15.2 Å². The molecule has 0 amide bonds. The highest BCUT2D eigenvalue weighted by atomic mass is 16.5. The first-order valence-electron chi connectivity index (χ1n) is 4.18. The van der Waals surface area contributed by atoms with Crippen LogP contribution in [0.15, 0.2) is 12.1 Å². The highest BCUT2D eigenvalue weighted by molar-refractivity contribution is 5.27. The van der Waals surface area contributed by atoms with Gasteiger partial charge in [-0.15, -0.1) is 10.2 Å². The van der Waals surface area contributed by atoms with Crippen LogP contribution in [-0.4, -0.2) is 29.5 Å². The van der Waals surface area contributed by atoms with Crippen molar-refractivity contribution in [3.8, 4) is 5.88 Å². The summed E-state index contributed by atoms with van der Waals surface area (Å²) >= 11 is 0. The van der Waals surface area contributed by atoms with Crippen LogP contribution in [0.2, 0.25) is 0 Å². The Morgan fingerprint density at radius 2 is 2.38 bits per heavy atom. The Balaban J connectivity index is 1.97. The molecule has 5 nitrogen and oxygen atoms in total. The molecule has 1 unspecified atom stereocenters. The third kappa shape index (κ3) is 2.06. The molecule has 0 aliphatic carbocycles. The van der Waals surface area contributed by atoms with Crippen molar-refractivity contribution in [3.05, 3.63) is 12.1 Å². The van der Waals surface area contributed by atoms with Crippen LogP contribution in [-0.2, 0) is 4.74 Å². The summed E-state index contributed by atoms with van der Waals surface area (Å²) in [6, 6.07) is 3.37. The van der Waals surface area contributed by atoms with Crippen LogP contribution < -0.4 is 10.5 Å². The maximum absolute atomic E-state index is 5.48. The molecule has 1 aliphatic heterocycles. The lowest BCUT2D eigenvalue weighted by molar-refractivity contribution is 0.137. The fourth-order valence-electron chi connectivity index (χ4n) is 1.17. The van der Waals surface area contributed by atoms with Crippen LogP contribution in [0.3, 0.4) is 0 Å². The molecular formula is C8H11N3O2.